The number of nitrogens with one attached hydrogen (secondary N) is 1. The minimum atomic E-state index is -4.05. The van der Waals surface area contributed by atoms with E-state index in [1.165, 1.54) is 24.5 Å². The van der Waals surface area contributed by atoms with Crippen LogP contribution in [-0.4, -0.2) is 59.7 Å². The van der Waals surface area contributed by atoms with Gasteiger partial charge in [-0.05, 0) is 30.2 Å². The average Bonchev–Trinajstić information content (AvgIpc) is 2.80. The van der Waals surface area contributed by atoms with Crippen LogP contribution in [0.3, 0.4) is 0 Å². The van der Waals surface area contributed by atoms with E-state index in [4.69, 9.17) is 14.7 Å². The molecule has 3 rings (SSSR count). The Hall–Kier alpha value is -2.60. The molecule has 0 saturated carbocycles. The van der Waals surface area contributed by atoms with E-state index >= 15 is 0 Å². The Morgan fingerprint density at radius 1 is 1.19 bits per heavy atom. The van der Waals surface area contributed by atoms with Crippen LogP contribution in [0.2, 0.25) is 0 Å². The average molecular weight is 465 g/mol. The zero-order valence-corrected chi connectivity index (χ0v) is 18.9. The smallest absolute Gasteiger partial charge is 0.262 e. The third kappa shape index (κ3) is 5.80. The highest BCUT2D eigenvalue weighted by Gasteiger charge is 2.40. The summed E-state index contributed by atoms with van der Waals surface area (Å²) in [7, 11) is -4.05. The molecule has 2 N–H and O–H groups in total. The van der Waals surface area contributed by atoms with Gasteiger partial charge in [0.05, 0.1) is 29.4 Å². The van der Waals surface area contributed by atoms with Crippen molar-refractivity contribution >= 4 is 15.9 Å². The van der Waals surface area contributed by atoms with Crippen LogP contribution in [0.4, 0.5) is 0 Å². The maximum absolute atomic E-state index is 13.3. The molecular weight excluding hydrogens is 436 g/mol. The topological polar surface area (TPSA) is 131 Å². The molecule has 0 unspecified atom stereocenters. The lowest BCUT2D eigenvalue weighted by molar-refractivity contribution is -0.133. The number of carbonyl (C=O) groups excluding carboxylic acids is 1. The molecule has 1 amide bonds. The molecule has 11 heteroatoms. The van der Waals surface area contributed by atoms with Gasteiger partial charge in [-0.2, -0.15) is 4.31 Å². The number of sulfonamides is 1. The number of benzene rings is 1. The number of nitrogens with zero attached hydrogens (tertiary/aromatic N) is 3. The molecule has 10 nitrogen and oxygen atoms in total. The minimum Gasteiger partial charge on any atom is -0.494 e. The van der Waals surface area contributed by atoms with Gasteiger partial charge in [0, 0.05) is 38.4 Å². The molecular formula is C21H28N4O6S. The molecule has 2 heterocycles. The number of hydroxylamine groups is 1. The molecule has 1 atom stereocenters. The summed E-state index contributed by atoms with van der Waals surface area (Å²) in [5.74, 6) is 0.186. The largest absolute Gasteiger partial charge is 0.494 e. The number of hydrogen-bond acceptors (Lipinski definition) is 8. The Morgan fingerprint density at radius 2 is 1.88 bits per heavy atom. The monoisotopic (exact) mass is 464 g/mol. The predicted octanol–water partition coefficient (Wildman–Crippen LogP) is 1.54. The summed E-state index contributed by atoms with van der Waals surface area (Å²) in [5.41, 5.74) is 2.54. The lowest BCUT2D eigenvalue weighted by Crippen LogP contribution is -2.52. The fourth-order valence-corrected chi connectivity index (χ4v) is 4.85. The lowest BCUT2D eigenvalue weighted by atomic mass is 10.0. The van der Waals surface area contributed by atoms with Crippen LogP contribution >= 0.6 is 0 Å². The number of ether oxygens (including phenoxy) is 2. The second kappa shape index (κ2) is 10.8. The van der Waals surface area contributed by atoms with E-state index in [9.17, 15) is 13.2 Å². The zero-order chi connectivity index (χ0) is 23.1. The predicted molar refractivity (Wildman–Crippen MR) is 114 cm³/mol. The lowest BCUT2D eigenvalue weighted by Gasteiger charge is -2.33. The van der Waals surface area contributed by atoms with E-state index in [0.29, 0.717) is 42.9 Å². The maximum Gasteiger partial charge on any atom is 0.262 e. The van der Waals surface area contributed by atoms with Gasteiger partial charge in [0.25, 0.3) is 5.91 Å². The van der Waals surface area contributed by atoms with Crippen LogP contribution < -0.4 is 10.2 Å². The second-order valence-corrected chi connectivity index (χ2v) is 9.73. The highest BCUT2D eigenvalue weighted by atomic mass is 32.2. The molecule has 1 aliphatic heterocycles. The zero-order valence-electron chi connectivity index (χ0n) is 18.1. The molecule has 0 radical (unpaired) electrons. The molecule has 0 saturated heterocycles. The first-order chi connectivity index (χ1) is 15.3. The van der Waals surface area contributed by atoms with Crippen molar-refractivity contribution in [3.63, 3.8) is 0 Å². The van der Waals surface area contributed by atoms with E-state index in [-0.39, 0.29) is 17.9 Å². The van der Waals surface area contributed by atoms with Crippen LogP contribution in [0.5, 0.6) is 5.75 Å². The van der Waals surface area contributed by atoms with Gasteiger partial charge >= 0.3 is 0 Å². The first kappa shape index (κ1) is 24.1. The highest BCUT2D eigenvalue weighted by molar-refractivity contribution is 7.89. The summed E-state index contributed by atoms with van der Waals surface area (Å²) in [5, 5.41) is 9.11. The van der Waals surface area contributed by atoms with E-state index in [0.717, 1.165) is 10.7 Å². The molecule has 1 aliphatic rings. The van der Waals surface area contributed by atoms with Crippen molar-refractivity contribution < 1.29 is 27.9 Å². The number of hydrogen-bond donors (Lipinski definition) is 2. The normalized spacial score (nSPS) is 16.6. The van der Waals surface area contributed by atoms with Crippen molar-refractivity contribution in [3.8, 4) is 5.75 Å². The Labute approximate surface area is 187 Å². The van der Waals surface area contributed by atoms with Crippen molar-refractivity contribution in [1.82, 2.24) is 19.8 Å². The van der Waals surface area contributed by atoms with Crippen molar-refractivity contribution in [3.05, 3.63) is 48.0 Å². The first-order valence-corrected chi connectivity index (χ1v) is 11.8. The van der Waals surface area contributed by atoms with E-state index in [1.54, 1.807) is 17.6 Å². The van der Waals surface area contributed by atoms with Crippen molar-refractivity contribution in [1.29, 1.82) is 0 Å². The minimum absolute atomic E-state index is 0.00759. The van der Waals surface area contributed by atoms with Gasteiger partial charge in [-0.25, -0.2) is 13.9 Å². The summed E-state index contributed by atoms with van der Waals surface area (Å²) >= 11 is 0. The Bertz CT molecular complexity index is 1010. The molecule has 174 valence electrons. The van der Waals surface area contributed by atoms with Crippen LogP contribution in [-0.2, 0) is 32.5 Å². The molecule has 0 aliphatic carbocycles. The number of fused-ring (bicyclic) bond motifs is 1. The van der Waals surface area contributed by atoms with Gasteiger partial charge in [-0.3, -0.25) is 20.0 Å². The van der Waals surface area contributed by atoms with Crippen LogP contribution in [0, 0.1) is 5.92 Å². The summed E-state index contributed by atoms with van der Waals surface area (Å²) in [6.45, 7) is 5.79. The summed E-state index contributed by atoms with van der Waals surface area (Å²) in [4.78, 5) is 20.6. The van der Waals surface area contributed by atoms with Gasteiger partial charge in [-0.1, -0.05) is 13.8 Å². The van der Waals surface area contributed by atoms with E-state index < -0.39 is 22.0 Å². The molecule has 1 aromatic carbocycles. The molecule has 1 aromatic heterocycles. The molecule has 0 fully saturated rings. The first-order valence-electron chi connectivity index (χ1n) is 10.4. The van der Waals surface area contributed by atoms with Gasteiger partial charge < -0.3 is 9.47 Å². The third-order valence-corrected chi connectivity index (χ3v) is 6.77. The van der Waals surface area contributed by atoms with Gasteiger partial charge in [-0.15, -0.1) is 0 Å². The van der Waals surface area contributed by atoms with Crippen LogP contribution in [0.25, 0.3) is 0 Å². The van der Waals surface area contributed by atoms with E-state index in [2.05, 4.69) is 23.8 Å². The number of aromatic nitrogens is 2. The Balaban J connectivity index is 1.69. The Morgan fingerprint density at radius 3 is 2.53 bits per heavy atom. The summed E-state index contributed by atoms with van der Waals surface area (Å²) in [6, 6.07) is 4.86. The SMILES string of the molecule is CC(C)COCCCOc1ccc(S(=O)(=O)N2Cc3nccnc3C[C@@H]2C(=O)NO)cc1. The van der Waals surface area contributed by atoms with Gasteiger partial charge in [0.15, 0.2) is 0 Å². The van der Waals surface area contributed by atoms with Crippen LogP contribution in [0.1, 0.15) is 31.7 Å². The van der Waals surface area contributed by atoms with Crippen molar-refractivity contribution in [2.24, 2.45) is 5.92 Å². The summed E-state index contributed by atoms with van der Waals surface area (Å²) in [6.07, 6.45) is 3.68. The van der Waals surface area contributed by atoms with Crippen LogP contribution in [0.15, 0.2) is 41.6 Å². The van der Waals surface area contributed by atoms with Gasteiger partial charge in [0.1, 0.15) is 11.8 Å². The number of carbonyl (C=O) groups is 1. The molecule has 0 bridgehead atoms. The molecule has 2 aromatic rings. The third-order valence-electron chi connectivity index (χ3n) is 4.90. The van der Waals surface area contributed by atoms with Crippen molar-refractivity contribution in [2.75, 3.05) is 19.8 Å². The van der Waals surface area contributed by atoms with Crippen molar-refractivity contribution in [2.45, 2.75) is 44.2 Å². The molecule has 0 spiro atoms. The summed E-state index contributed by atoms with van der Waals surface area (Å²) < 4.78 is 38.7. The van der Waals surface area contributed by atoms with Gasteiger partial charge in [0.2, 0.25) is 10.0 Å². The quantitative estimate of drug-likeness (QED) is 0.308. The Kier molecular flexibility index (Phi) is 8.13. The molecule has 32 heavy (non-hydrogen) atoms. The fourth-order valence-electron chi connectivity index (χ4n) is 3.30. The maximum atomic E-state index is 13.3. The fraction of sp³-hybridized carbons (Fsp3) is 0.476. The number of amides is 1. The second-order valence-electron chi connectivity index (χ2n) is 7.84. The van der Waals surface area contributed by atoms with E-state index in [1.807, 2.05) is 0 Å². The number of rotatable bonds is 10. The highest BCUT2D eigenvalue weighted by Crippen LogP contribution is 2.28. The standard InChI is InChI=1S/C21H28N4O6S/c1-15(2)14-30-10-3-11-31-16-4-6-17(7-5-16)32(28,29)25-13-19-18(22-8-9-23-19)12-20(25)21(26)24-27/h4-9,15,20,27H,3,10-14H2,1-2H3,(H,24,26)/t20-/m1/s1.